The van der Waals surface area contributed by atoms with Gasteiger partial charge in [0.2, 0.25) is 11.8 Å². The van der Waals surface area contributed by atoms with Gasteiger partial charge in [-0.2, -0.15) is 0 Å². The number of nitrogens with two attached hydrogens (primary N) is 1. The summed E-state index contributed by atoms with van der Waals surface area (Å²) in [6.07, 6.45) is -0.988. The van der Waals surface area contributed by atoms with E-state index in [1.165, 1.54) is 4.90 Å². The number of para-hydroxylation sites is 1. The van der Waals surface area contributed by atoms with E-state index >= 15 is 0 Å². The van der Waals surface area contributed by atoms with Crippen LogP contribution in [0, 0.1) is 20.8 Å². The predicted octanol–water partition coefficient (Wildman–Crippen LogP) is 4.69. The maximum absolute atomic E-state index is 14.1. The first kappa shape index (κ1) is 31.3. The largest absolute Gasteiger partial charge is 0.444 e. The van der Waals surface area contributed by atoms with Crippen LogP contribution in [0.5, 0.6) is 0 Å². The zero-order valence-corrected chi connectivity index (χ0v) is 24.3. The molecule has 0 aromatic heterocycles. The summed E-state index contributed by atoms with van der Waals surface area (Å²) in [5, 5.41) is 5.62. The monoisotopic (exact) mass is 538 g/mol. The van der Waals surface area contributed by atoms with E-state index in [2.05, 4.69) is 10.6 Å². The molecule has 0 saturated carbocycles. The minimum absolute atomic E-state index is 0.0459. The molecule has 0 bridgehead atoms. The molecule has 2 rings (SSSR count). The number of hydrogen-bond acceptors (Lipinski definition) is 5. The number of aryl methyl sites for hydroxylation is 3. The van der Waals surface area contributed by atoms with Gasteiger partial charge in [0, 0.05) is 18.2 Å². The van der Waals surface area contributed by atoms with Crippen LogP contribution in [0.4, 0.5) is 10.5 Å². The molecule has 0 heterocycles. The van der Waals surface area contributed by atoms with E-state index in [1.54, 1.807) is 34.6 Å². The molecule has 4 amide bonds. The fraction of sp³-hybridized carbons (Fsp3) is 0.467. The number of nitrogens with zero attached hydrogens (tertiary/aromatic N) is 1. The minimum atomic E-state index is -1.14. The number of anilines is 1. The summed E-state index contributed by atoms with van der Waals surface area (Å²) >= 11 is 0. The van der Waals surface area contributed by atoms with Crippen molar-refractivity contribution in [3.8, 4) is 0 Å². The van der Waals surface area contributed by atoms with Gasteiger partial charge in [0.05, 0.1) is 0 Å². The fourth-order valence-electron chi connectivity index (χ4n) is 4.24. The lowest BCUT2D eigenvalue weighted by Gasteiger charge is -2.37. The van der Waals surface area contributed by atoms with Crippen LogP contribution in [0.2, 0.25) is 0 Å². The van der Waals surface area contributed by atoms with Crippen molar-refractivity contribution in [1.29, 1.82) is 0 Å². The van der Waals surface area contributed by atoms with E-state index in [9.17, 15) is 19.2 Å². The van der Waals surface area contributed by atoms with Gasteiger partial charge in [-0.15, -0.1) is 0 Å². The topological polar surface area (TPSA) is 131 Å². The first-order chi connectivity index (χ1) is 18.1. The minimum Gasteiger partial charge on any atom is -0.444 e. The van der Waals surface area contributed by atoms with Crippen molar-refractivity contribution in [2.24, 2.45) is 5.73 Å². The van der Waals surface area contributed by atoms with Crippen molar-refractivity contribution in [2.75, 3.05) is 5.32 Å². The Morgan fingerprint density at radius 3 is 2.00 bits per heavy atom. The number of primary amides is 1. The average molecular weight is 539 g/mol. The zero-order valence-electron chi connectivity index (χ0n) is 24.3. The molecular formula is C30H42N4O5. The van der Waals surface area contributed by atoms with Crippen LogP contribution in [0.1, 0.15) is 75.8 Å². The van der Waals surface area contributed by atoms with Crippen LogP contribution in [-0.4, -0.2) is 46.4 Å². The number of rotatable bonds is 10. The highest BCUT2D eigenvalue weighted by molar-refractivity contribution is 6.00. The first-order valence-corrected chi connectivity index (χ1v) is 13.1. The Balaban J connectivity index is 2.55. The molecule has 0 aliphatic rings. The highest BCUT2D eigenvalue weighted by Gasteiger charge is 2.38. The summed E-state index contributed by atoms with van der Waals surface area (Å²) in [5.41, 5.74) is 8.63. The number of amides is 4. The molecule has 39 heavy (non-hydrogen) atoms. The van der Waals surface area contributed by atoms with Crippen molar-refractivity contribution in [3.05, 3.63) is 64.7 Å². The highest BCUT2D eigenvalue weighted by Crippen LogP contribution is 2.29. The quantitative estimate of drug-likeness (QED) is 0.404. The molecule has 0 fully saturated rings. The van der Waals surface area contributed by atoms with Gasteiger partial charge in [-0.3, -0.25) is 14.4 Å². The number of benzene rings is 2. The lowest BCUT2D eigenvalue weighted by molar-refractivity contribution is -0.143. The smallest absolute Gasteiger partial charge is 0.408 e. The molecule has 4 N–H and O–H groups in total. The number of ether oxygens (including phenoxy) is 1. The lowest BCUT2D eigenvalue weighted by atomic mass is 9.98. The second kappa shape index (κ2) is 13.3. The third kappa shape index (κ3) is 9.12. The summed E-state index contributed by atoms with van der Waals surface area (Å²) in [7, 11) is 0. The van der Waals surface area contributed by atoms with Gasteiger partial charge < -0.3 is 26.0 Å². The molecule has 0 spiro atoms. The molecule has 0 aliphatic heterocycles. The molecule has 212 valence electrons. The summed E-state index contributed by atoms with van der Waals surface area (Å²) in [5.74, 6) is -1.54. The maximum atomic E-state index is 14.1. The summed E-state index contributed by atoms with van der Waals surface area (Å²) in [6, 6.07) is 10.5. The summed E-state index contributed by atoms with van der Waals surface area (Å²) < 4.78 is 5.36. The summed E-state index contributed by atoms with van der Waals surface area (Å²) in [4.78, 5) is 53.7. The van der Waals surface area contributed by atoms with Crippen LogP contribution < -0.4 is 16.4 Å². The molecule has 2 aromatic rings. The van der Waals surface area contributed by atoms with Crippen LogP contribution in [0.15, 0.2) is 42.5 Å². The SMILES string of the molecule is Cc1ccc(C(C(=O)Nc2c(C)cccc2C)N(C(=O)C(CCC(N)=O)NC(=O)OC(C)(C)C)C(C)C)cc1. The van der Waals surface area contributed by atoms with Gasteiger partial charge >= 0.3 is 6.09 Å². The number of alkyl carbamates (subject to hydrolysis) is 1. The van der Waals surface area contributed by atoms with Crippen LogP contribution >= 0.6 is 0 Å². The van der Waals surface area contributed by atoms with Gasteiger partial charge in [0.15, 0.2) is 0 Å². The average Bonchev–Trinajstić information content (AvgIpc) is 2.81. The molecule has 9 nitrogen and oxygen atoms in total. The Morgan fingerprint density at radius 2 is 1.51 bits per heavy atom. The predicted molar refractivity (Wildman–Crippen MR) is 152 cm³/mol. The van der Waals surface area contributed by atoms with E-state index in [0.717, 1.165) is 16.7 Å². The van der Waals surface area contributed by atoms with Gasteiger partial charge in [-0.25, -0.2) is 4.79 Å². The maximum Gasteiger partial charge on any atom is 0.408 e. The van der Waals surface area contributed by atoms with E-state index < -0.39 is 47.5 Å². The molecule has 0 saturated heterocycles. The third-order valence-electron chi connectivity index (χ3n) is 6.13. The normalized spacial score (nSPS) is 12.8. The molecule has 2 atom stereocenters. The van der Waals surface area contributed by atoms with Crippen molar-refractivity contribution in [2.45, 2.75) is 92.0 Å². The van der Waals surface area contributed by atoms with E-state index in [4.69, 9.17) is 10.5 Å². The molecule has 2 unspecified atom stereocenters. The van der Waals surface area contributed by atoms with Crippen molar-refractivity contribution < 1.29 is 23.9 Å². The molecule has 2 aromatic carbocycles. The third-order valence-corrected chi connectivity index (χ3v) is 6.13. The summed E-state index contributed by atoms with van der Waals surface area (Å²) in [6.45, 7) is 14.5. The highest BCUT2D eigenvalue weighted by atomic mass is 16.6. The number of carbonyl (C=O) groups excluding carboxylic acids is 4. The zero-order chi connectivity index (χ0) is 29.5. The second-order valence-corrected chi connectivity index (χ2v) is 11.1. The number of hydrogen-bond donors (Lipinski definition) is 3. The van der Waals surface area contributed by atoms with E-state index in [-0.39, 0.29) is 12.8 Å². The Labute approximate surface area is 231 Å². The van der Waals surface area contributed by atoms with Gasteiger partial charge in [-0.05, 0) is 78.5 Å². The fourth-order valence-corrected chi connectivity index (χ4v) is 4.24. The van der Waals surface area contributed by atoms with Gasteiger partial charge in [-0.1, -0.05) is 48.0 Å². The Hall–Kier alpha value is -3.88. The van der Waals surface area contributed by atoms with E-state index in [1.807, 2.05) is 63.2 Å². The molecule has 9 heteroatoms. The van der Waals surface area contributed by atoms with Crippen LogP contribution in [0.25, 0.3) is 0 Å². The molecule has 0 radical (unpaired) electrons. The second-order valence-electron chi connectivity index (χ2n) is 11.1. The number of nitrogens with one attached hydrogen (secondary N) is 2. The Morgan fingerprint density at radius 1 is 0.949 bits per heavy atom. The van der Waals surface area contributed by atoms with Crippen molar-refractivity contribution in [3.63, 3.8) is 0 Å². The number of carbonyl (C=O) groups is 4. The Bertz CT molecular complexity index is 1160. The van der Waals surface area contributed by atoms with Crippen LogP contribution in [-0.2, 0) is 19.1 Å². The van der Waals surface area contributed by atoms with Gasteiger partial charge in [0.25, 0.3) is 5.91 Å². The lowest BCUT2D eigenvalue weighted by Crippen LogP contribution is -2.54. The van der Waals surface area contributed by atoms with Crippen molar-refractivity contribution >= 4 is 29.5 Å². The molecular weight excluding hydrogens is 496 g/mol. The van der Waals surface area contributed by atoms with Gasteiger partial charge in [0.1, 0.15) is 17.7 Å². The standard InChI is InChI=1S/C30H42N4O5/c1-18(2)34(28(37)23(16-17-24(31)35)32-29(38)39-30(6,7)8)26(22-14-12-19(3)13-15-22)27(36)33-25-20(4)10-9-11-21(25)5/h9-15,18,23,26H,16-17H2,1-8H3,(H2,31,35)(H,32,38)(H,33,36). The Kier molecular flexibility index (Phi) is 10.7. The van der Waals surface area contributed by atoms with Crippen LogP contribution in [0.3, 0.4) is 0 Å². The van der Waals surface area contributed by atoms with E-state index in [0.29, 0.717) is 11.3 Å². The van der Waals surface area contributed by atoms with Crippen molar-refractivity contribution in [1.82, 2.24) is 10.2 Å². The molecule has 0 aliphatic carbocycles. The first-order valence-electron chi connectivity index (χ1n) is 13.1.